The highest BCUT2D eigenvalue weighted by molar-refractivity contribution is 6.21. The molecule has 0 radical (unpaired) electrons. The second-order valence-corrected chi connectivity index (χ2v) is 5.85. The van der Waals surface area contributed by atoms with Gasteiger partial charge in [-0.25, -0.2) is 13.2 Å². The molecule has 1 aliphatic rings. The first kappa shape index (κ1) is 14.5. The van der Waals surface area contributed by atoms with Crippen LogP contribution in [0.25, 0.3) is 0 Å². The first-order valence-electron chi connectivity index (χ1n) is 6.94. The third-order valence-electron chi connectivity index (χ3n) is 4.09. The van der Waals surface area contributed by atoms with E-state index < -0.39 is 22.8 Å². The maximum atomic E-state index is 13.9. The molecular weight excluding hydrogens is 297 g/mol. The van der Waals surface area contributed by atoms with Crippen molar-refractivity contribution in [3.05, 3.63) is 70.5 Å². The first-order valence-corrected chi connectivity index (χ1v) is 7.38. The molecule has 0 heterocycles. The van der Waals surface area contributed by atoms with Gasteiger partial charge in [0.15, 0.2) is 0 Å². The summed E-state index contributed by atoms with van der Waals surface area (Å²) in [5, 5.41) is -0.841. The molecule has 0 fully saturated rings. The molecule has 4 heteroatoms. The lowest BCUT2D eigenvalue weighted by Crippen LogP contribution is -2.16. The molecule has 2 atom stereocenters. The van der Waals surface area contributed by atoms with Crippen molar-refractivity contribution >= 4 is 11.6 Å². The molecule has 3 rings (SSSR count). The lowest BCUT2D eigenvalue weighted by Gasteiger charge is -2.29. The Morgan fingerprint density at radius 1 is 1.05 bits per heavy atom. The van der Waals surface area contributed by atoms with E-state index in [-0.39, 0.29) is 11.5 Å². The Hall–Kier alpha value is -1.48. The first-order chi connectivity index (χ1) is 10.1. The zero-order valence-electron chi connectivity index (χ0n) is 11.3. The van der Waals surface area contributed by atoms with Gasteiger partial charge in [0.25, 0.3) is 0 Å². The average Bonchev–Trinajstić information content (AvgIpc) is 2.45. The number of benzene rings is 2. The minimum Gasteiger partial charge on any atom is -0.207 e. The van der Waals surface area contributed by atoms with Crippen molar-refractivity contribution in [3.63, 3.8) is 0 Å². The van der Waals surface area contributed by atoms with Gasteiger partial charge in [-0.2, -0.15) is 0 Å². The molecule has 0 amide bonds. The van der Waals surface area contributed by atoms with E-state index in [0.29, 0.717) is 12.1 Å². The smallest absolute Gasteiger partial charge is 0.133 e. The summed E-state index contributed by atoms with van der Waals surface area (Å²) in [6.07, 6.45) is 2.64. The fourth-order valence-electron chi connectivity index (χ4n) is 3.11. The summed E-state index contributed by atoms with van der Waals surface area (Å²) in [4.78, 5) is 0. The van der Waals surface area contributed by atoms with Crippen LogP contribution in [0.15, 0.2) is 36.4 Å². The maximum Gasteiger partial charge on any atom is 0.133 e. The molecular formula is C17H14ClF3. The normalized spacial score (nSPS) is 19.1. The molecule has 110 valence electrons. The molecule has 0 N–H and O–H groups in total. The molecule has 0 bridgehead atoms. The summed E-state index contributed by atoms with van der Waals surface area (Å²) >= 11 is 6.37. The van der Waals surface area contributed by atoms with Crippen LogP contribution in [-0.4, -0.2) is 0 Å². The molecule has 0 spiro atoms. The van der Waals surface area contributed by atoms with Crippen molar-refractivity contribution in [3.8, 4) is 0 Å². The van der Waals surface area contributed by atoms with Crippen LogP contribution < -0.4 is 0 Å². The van der Waals surface area contributed by atoms with Gasteiger partial charge in [0, 0.05) is 23.6 Å². The monoisotopic (exact) mass is 310 g/mol. The zero-order chi connectivity index (χ0) is 15.0. The summed E-state index contributed by atoms with van der Waals surface area (Å²) in [5.41, 5.74) is 1.97. The van der Waals surface area contributed by atoms with E-state index in [4.69, 9.17) is 11.6 Å². The molecule has 0 nitrogen and oxygen atoms in total. The van der Waals surface area contributed by atoms with Gasteiger partial charge in [-0.15, -0.1) is 11.6 Å². The maximum absolute atomic E-state index is 13.9. The third kappa shape index (κ3) is 2.67. The predicted molar refractivity (Wildman–Crippen MR) is 77.0 cm³/mol. The highest BCUT2D eigenvalue weighted by atomic mass is 35.5. The van der Waals surface area contributed by atoms with Gasteiger partial charge >= 0.3 is 0 Å². The van der Waals surface area contributed by atoms with Gasteiger partial charge in [-0.3, -0.25) is 0 Å². The Morgan fingerprint density at radius 2 is 1.71 bits per heavy atom. The fourth-order valence-corrected chi connectivity index (χ4v) is 3.58. The molecule has 1 aliphatic carbocycles. The average molecular weight is 311 g/mol. The van der Waals surface area contributed by atoms with Crippen molar-refractivity contribution in [2.24, 2.45) is 0 Å². The highest BCUT2D eigenvalue weighted by Crippen LogP contribution is 2.45. The Balaban J connectivity index is 2.03. The minimum absolute atomic E-state index is 0.161. The third-order valence-corrected chi connectivity index (χ3v) is 4.61. The summed E-state index contributed by atoms with van der Waals surface area (Å²) in [6, 6.07) is 9.18. The second-order valence-electron chi connectivity index (χ2n) is 5.38. The van der Waals surface area contributed by atoms with Crippen LogP contribution in [0.5, 0.6) is 0 Å². The van der Waals surface area contributed by atoms with E-state index in [9.17, 15) is 13.2 Å². The number of aryl methyl sites for hydroxylation is 1. The van der Waals surface area contributed by atoms with Gasteiger partial charge in [0.1, 0.15) is 17.5 Å². The Kier molecular flexibility index (Phi) is 3.94. The molecule has 0 aromatic heterocycles. The summed E-state index contributed by atoms with van der Waals surface area (Å²) in [7, 11) is 0. The van der Waals surface area contributed by atoms with Crippen molar-refractivity contribution < 1.29 is 13.2 Å². The van der Waals surface area contributed by atoms with Crippen LogP contribution in [0.2, 0.25) is 0 Å². The largest absolute Gasteiger partial charge is 0.207 e. The Bertz CT molecular complexity index is 646. The number of alkyl halides is 1. The lowest BCUT2D eigenvalue weighted by atomic mass is 9.79. The van der Waals surface area contributed by atoms with E-state index in [0.717, 1.165) is 24.8 Å². The van der Waals surface area contributed by atoms with Crippen LogP contribution in [0, 0.1) is 17.5 Å². The molecule has 2 aromatic rings. The van der Waals surface area contributed by atoms with Crippen molar-refractivity contribution in [1.82, 2.24) is 0 Å². The Morgan fingerprint density at radius 3 is 2.43 bits per heavy atom. The van der Waals surface area contributed by atoms with Crippen molar-refractivity contribution in [2.45, 2.75) is 30.6 Å². The van der Waals surface area contributed by atoms with Crippen LogP contribution in [-0.2, 0) is 6.42 Å². The predicted octanol–water partition coefficient (Wildman–Crippen LogP) is 5.50. The van der Waals surface area contributed by atoms with Crippen LogP contribution >= 0.6 is 11.6 Å². The van der Waals surface area contributed by atoms with E-state index in [1.807, 2.05) is 24.3 Å². The molecule has 0 saturated heterocycles. The highest BCUT2D eigenvalue weighted by Gasteiger charge is 2.31. The number of hydrogen-bond acceptors (Lipinski definition) is 0. The molecule has 2 aromatic carbocycles. The lowest BCUT2D eigenvalue weighted by molar-refractivity contribution is 0.482. The summed E-state index contributed by atoms with van der Waals surface area (Å²) < 4.78 is 40.9. The van der Waals surface area contributed by atoms with Gasteiger partial charge in [-0.05, 0) is 30.4 Å². The number of halogens is 4. The molecule has 0 saturated carbocycles. The van der Waals surface area contributed by atoms with Crippen LogP contribution in [0.4, 0.5) is 13.2 Å². The molecule has 2 unspecified atom stereocenters. The standard InChI is InChI=1S/C17H14ClF3/c18-17(16-14(20)8-11(19)9-15(16)21)13-7-3-5-10-4-1-2-6-12(10)13/h1-2,4,6,8-9,13,17H,3,5,7H2. The molecule has 21 heavy (non-hydrogen) atoms. The SMILES string of the molecule is Fc1cc(F)c(C(Cl)C2CCCc3ccccc32)c(F)c1. The van der Waals surface area contributed by atoms with Crippen molar-refractivity contribution in [2.75, 3.05) is 0 Å². The van der Waals surface area contributed by atoms with E-state index in [1.165, 1.54) is 5.56 Å². The summed E-state index contributed by atoms with van der Waals surface area (Å²) in [6.45, 7) is 0. The molecule has 0 aliphatic heterocycles. The quantitative estimate of drug-likeness (QED) is 0.642. The fraction of sp³-hybridized carbons (Fsp3) is 0.294. The summed E-state index contributed by atoms with van der Waals surface area (Å²) in [5.74, 6) is -2.93. The minimum atomic E-state index is -0.929. The number of rotatable bonds is 2. The van der Waals surface area contributed by atoms with Crippen LogP contribution in [0.1, 0.15) is 40.8 Å². The van der Waals surface area contributed by atoms with Gasteiger partial charge in [0.05, 0.1) is 5.38 Å². The second kappa shape index (κ2) is 5.72. The van der Waals surface area contributed by atoms with E-state index in [1.54, 1.807) is 0 Å². The van der Waals surface area contributed by atoms with Crippen molar-refractivity contribution in [1.29, 1.82) is 0 Å². The zero-order valence-corrected chi connectivity index (χ0v) is 12.0. The van der Waals surface area contributed by atoms with E-state index in [2.05, 4.69) is 0 Å². The topological polar surface area (TPSA) is 0 Å². The van der Waals surface area contributed by atoms with E-state index >= 15 is 0 Å². The van der Waals surface area contributed by atoms with Gasteiger partial charge in [-0.1, -0.05) is 24.3 Å². The van der Waals surface area contributed by atoms with Gasteiger partial charge in [0.2, 0.25) is 0 Å². The number of fused-ring (bicyclic) bond motifs is 1. The van der Waals surface area contributed by atoms with Gasteiger partial charge < -0.3 is 0 Å². The number of hydrogen-bond donors (Lipinski definition) is 0. The Labute approximate surface area is 126 Å². The van der Waals surface area contributed by atoms with Crippen LogP contribution in [0.3, 0.4) is 0 Å².